The maximum absolute atomic E-state index is 13.0. The molecule has 0 aromatic heterocycles. The molecule has 1 saturated heterocycles. The topological polar surface area (TPSA) is 60.9 Å². The third-order valence-electron chi connectivity index (χ3n) is 4.62. The summed E-state index contributed by atoms with van der Waals surface area (Å²) in [6.07, 6.45) is 1.36. The van der Waals surface area contributed by atoms with Crippen LogP contribution in [0.5, 0.6) is 0 Å². The smallest absolute Gasteiger partial charge is 0.243 e. The van der Waals surface area contributed by atoms with Gasteiger partial charge in [-0.15, -0.1) is 0 Å². The fraction of sp³-hybridized carbons (Fsp3) is 0.625. The van der Waals surface area contributed by atoms with E-state index in [4.69, 9.17) is 0 Å². The molecule has 0 atom stereocenters. The molecule has 1 heterocycles. The summed E-state index contributed by atoms with van der Waals surface area (Å²) in [4.78, 5) is 2.22. The van der Waals surface area contributed by atoms with E-state index < -0.39 is 21.4 Å². The van der Waals surface area contributed by atoms with Crippen LogP contribution in [0.15, 0.2) is 29.2 Å². The Morgan fingerprint density at radius 2 is 1.61 bits per heavy atom. The fourth-order valence-corrected chi connectivity index (χ4v) is 4.20. The summed E-state index contributed by atoms with van der Waals surface area (Å²) in [5.41, 5.74) is -0.710. The molecule has 0 spiro atoms. The van der Waals surface area contributed by atoms with E-state index in [9.17, 15) is 17.9 Å². The summed E-state index contributed by atoms with van der Waals surface area (Å²) in [5.74, 6) is -0.452. The van der Waals surface area contributed by atoms with Crippen LogP contribution in [-0.2, 0) is 10.0 Å². The molecule has 1 fully saturated rings. The summed E-state index contributed by atoms with van der Waals surface area (Å²) in [6.45, 7) is 6.40. The summed E-state index contributed by atoms with van der Waals surface area (Å²) in [6, 6.07) is 4.91. The lowest BCUT2D eigenvalue weighted by atomic mass is 9.96. The number of sulfonamides is 1. The molecule has 0 radical (unpaired) electrons. The first-order chi connectivity index (χ1) is 10.8. The molecule has 1 aromatic rings. The van der Waals surface area contributed by atoms with Crippen LogP contribution < -0.4 is 0 Å². The number of aliphatic hydroxyl groups is 1. The molecule has 1 aliphatic heterocycles. The van der Waals surface area contributed by atoms with Crippen molar-refractivity contribution in [1.29, 1.82) is 0 Å². The maximum atomic E-state index is 13.0. The first-order valence-electron chi connectivity index (χ1n) is 8.01. The van der Waals surface area contributed by atoms with Crippen molar-refractivity contribution in [3.63, 3.8) is 0 Å². The van der Waals surface area contributed by atoms with E-state index in [1.165, 1.54) is 16.4 Å². The number of β-amino-alcohol motifs (C(OH)–C–C–N with tert-alkyl or cyclic N) is 1. The van der Waals surface area contributed by atoms with Crippen LogP contribution in [0.25, 0.3) is 0 Å². The van der Waals surface area contributed by atoms with E-state index in [-0.39, 0.29) is 4.90 Å². The lowest BCUT2D eigenvalue weighted by Crippen LogP contribution is -2.52. The molecule has 1 N–H and O–H groups in total. The van der Waals surface area contributed by atoms with Gasteiger partial charge in [0.15, 0.2) is 0 Å². The van der Waals surface area contributed by atoms with Gasteiger partial charge in [0.05, 0.1) is 10.5 Å². The second-order valence-electron chi connectivity index (χ2n) is 6.07. The average molecular weight is 344 g/mol. The predicted molar refractivity (Wildman–Crippen MR) is 87.1 cm³/mol. The van der Waals surface area contributed by atoms with Gasteiger partial charge in [-0.3, -0.25) is 4.90 Å². The molecule has 0 unspecified atom stereocenters. The molecule has 0 aliphatic carbocycles. The van der Waals surface area contributed by atoms with Gasteiger partial charge in [0.2, 0.25) is 10.0 Å². The van der Waals surface area contributed by atoms with Gasteiger partial charge in [0.1, 0.15) is 5.82 Å². The van der Waals surface area contributed by atoms with E-state index in [1.54, 1.807) is 0 Å². The van der Waals surface area contributed by atoms with Crippen LogP contribution in [0, 0.1) is 5.82 Å². The zero-order chi connectivity index (χ0) is 17.1. The van der Waals surface area contributed by atoms with E-state index in [2.05, 4.69) is 4.90 Å². The molecule has 2 rings (SSSR count). The average Bonchev–Trinajstić information content (AvgIpc) is 2.55. The second-order valence-corrected chi connectivity index (χ2v) is 8.00. The first kappa shape index (κ1) is 18.3. The molecule has 7 heteroatoms. The highest BCUT2D eigenvalue weighted by atomic mass is 32.2. The Morgan fingerprint density at radius 3 is 2.09 bits per heavy atom. The van der Waals surface area contributed by atoms with Crippen LogP contribution in [0.4, 0.5) is 4.39 Å². The van der Waals surface area contributed by atoms with Crippen molar-refractivity contribution >= 4 is 10.0 Å². The molecule has 130 valence electrons. The van der Waals surface area contributed by atoms with Crippen LogP contribution in [0.1, 0.15) is 26.7 Å². The summed E-state index contributed by atoms with van der Waals surface area (Å²) < 4.78 is 39.5. The number of hydrogen-bond donors (Lipinski definition) is 1. The molecule has 1 aliphatic rings. The zero-order valence-electron chi connectivity index (χ0n) is 13.7. The molecular weight excluding hydrogens is 319 g/mol. The van der Waals surface area contributed by atoms with Gasteiger partial charge in [-0.2, -0.15) is 4.31 Å². The van der Waals surface area contributed by atoms with Gasteiger partial charge in [0.25, 0.3) is 0 Å². The van der Waals surface area contributed by atoms with E-state index in [0.717, 1.165) is 12.1 Å². The third kappa shape index (κ3) is 4.29. The van der Waals surface area contributed by atoms with Crippen LogP contribution in [0.2, 0.25) is 0 Å². The van der Waals surface area contributed by atoms with Gasteiger partial charge in [-0.1, -0.05) is 13.8 Å². The Balaban J connectivity index is 2.00. The Morgan fingerprint density at radius 1 is 1.09 bits per heavy atom. The number of benzene rings is 1. The van der Waals surface area contributed by atoms with Gasteiger partial charge in [-0.25, -0.2) is 12.8 Å². The Kier molecular flexibility index (Phi) is 5.78. The largest absolute Gasteiger partial charge is 0.389 e. The highest BCUT2D eigenvalue weighted by molar-refractivity contribution is 7.89. The van der Waals surface area contributed by atoms with Crippen LogP contribution in [-0.4, -0.2) is 61.1 Å². The van der Waals surface area contributed by atoms with Crippen molar-refractivity contribution in [2.75, 3.05) is 32.7 Å². The molecule has 1 aromatic carbocycles. The Labute approximate surface area is 137 Å². The predicted octanol–water partition coefficient (Wildman–Crippen LogP) is 1.68. The molecular formula is C16H25FN2O3S. The minimum absolute atomic E-state index is 0.117. The number of rotatable bonds is 6. The summed E-state index contributed by atoms with van der Waals surface area (Å²) in [7, 11) is -3.58. The molecule has 0 bridgehead atoms. The normalized spacial score (nSPS) is 18.3. The van der Waals surface area contributed by atoms with Crippen molar-refractivity contribution in [2.24, 2.45) is 0 Å². The van der Waals surface area contributed by atoms with E-state index >= 15 is 0 Å². The highest BCUT2D eigenvalue weighted by Gasteiger charge is 2.32. The number of hydrogen-bond acceptors (Lipinski definition) is 4. The third-order valence-corrected chi connectivity index (χ3v) is 6.53. The van der Waals surface area contributed by atoms with Crippen molar-refractivity contribution in [1.82, 2.24) is 9.21 Å². The zero-order valence-corrected chi connectivity index (χ0v) is 14.5. The van der Waals surface area contributed by atoms with Gasteiger partial charge in [-0.05, 0) is 37.1 Å². The number of nitrogens with zero attached hydrogens (tertiary/aromatic N) is 2. The number of halogens is 1. The molecule has 23 heavy (non-hydrogen) atoms. The highest BCUT2D eigenvalue weighted by Crippen LogP contribution is 2.21. The van der Waals surface area contributed by atoms with Gasteiger partial charge in [0, 0.05) is 32.7 Å². The second kappa shape index (κ2) is 7.25. The standard InChI is InChI=1S/C16H25FN2O3S/c1-3-16(20,4-2)13-18-9-11-19(12-10-18)23(21,22)15-7-5-14(17)6-8-15/h5-8,20H,3-4,9-13H2,1-2H3. The summed E-state index contributed by atoms with van der Waals surface area (Å²) in [5, 5.41) is 10.4. The van der Waals surface area contributed by atoms with Gasteiger partial charge < -0.3 is 5.11 Å². The molecule has 5 nitrogen and oxygen atoms in total. The van der Waals surface area contributed by atoms with Crippen molar-refractivity contribution in [3.05, 3.63) is 30.1 Å². The Bertz CT molecular complexity index is 607. The lowest BCUT2D eigenvalue weighted by Gasteiger charge is -2.38. The van der Waals surface area contributed by atoms with Crippen molar-refractivity contribution in [3.8, 4) is 0 Å². The lowest BCUT2D eigenvalue weighted by molar-refractivity contribution is -0.0101. The maximum Gasteiger partial charge on any atom is 0.243 e. The minimum Gasteiger partial charge on any atom is -0.389 e. The number of piperazine rings is 1. The van der Waals surface area contributed by atoms with Crippen LogP contribution >= 0.6 is 0 Å². The first-order valence-corrected chi connectivity index (χ1v) is 9.45. The minimum atomic E-state index is -3.58. The Hall–Kier alpha value is -1.02. The summed E-state index contributed by atoms with van der Waals surface area (Å²) >= 11 is 0. The van der Waals surface area contributed by atoms with Crippen molar-refractivity contribution < 1.29 is 17.9 Å². The fourth-order valence-electron chi connectivity index (χ4n) is 2.77. The van der Waals surface area contributed by atoms with Crippen LogP contribution in [0.3, 0.4) is 0 Å². The molecule has 0 amide bonds. The monoisotopic (exact) mass is 344 g/mol. The van der Waals surface area contributed by atoms with E-state index in [0.29, 0.717) is 45.6 Å². The quantitative estimate of drug-likeness (QED) is 0.853. The van der Waals surface area contributed by atoms with Crippen molar-refractivity contribution in [2.45, 2.75) is 37.2 Å². The SMILES string of the molecule is CCC(O)(CC)CN1CCN(S(=O)(=O)c2ccc(F)cc2)CC1. The van der Waals surface area contributed by atoms with Gasteiger partial charge >= 0.3 is 0 Å². The molecule has 0 saturated carbocycles. The van der Waals surface area contributed by atoms with E-state index in [1.807, 2.05) is 13.8 Å².